The summed E-state index contributed by atoms with van der Waals surface area (Å²) in [5.41, 5.74) is -1.17. The molecule has 1 saturated carbocycles. The SMILES string of the molecule is C=CC(=O)OCC(CO)(CO)CO.Cl[C@H]1[C@H](Cl)[C@@H](Cl)[C@@H](Cl)[C@H](Cl)[C@H]1Cl. The Morgan fingerprint density at radius 2 is 1.12 bits per heavy atom. The second-order valence-corrected chi connectivity index (χ2v) is 8.48. The summed E-state index contributed by atoms with van der Waals surface area (Å²) in [6.07, 6.45) is 0.969. The zero-order chi connectivity index (χ0) is 19.8. The highest BCUT2D eigenvalue weighted by atomic mass is 35.5. The van der Waals surface area contributed by atoms with E-state index in [1.807, 2.05) is 0 Å². The zero-order valence-electron chi connectivity index (χ0n) is 13.0. The van der Waals surface area contributed by atoms with Crippen molar-refractivity contribution in [2.24, 2.45) is 5.41 Å². The van der Waals surface area contributed by atoms with Crippen molar-refractivity contribution in [2.45, 2.75) is 32.3 Å². The topological polar surface area (TPSA) is 87.0 Å². The van der Waals surface area contributed by atoms with Gasteiger partial charge in [-0.1, -0.05) is 6.58 Å². The second kappa shape index (κ2) is 12.3. The number of ether oxygens (including phenoxy) is 1. The number of aliphatic hydroxyl groups is 3. The van der Waals surface area contributed by atoms with Crippen molar-refractivity contribution in [3.63, 3.8) is 0 Å². The number of hydrogen-bond donors (Lipinski definition) is 3. The molecule has 0 amide bonds. The van der Waals surface area contributed by atoms with Crippen molar-refractivity contribution in [3.05, 3.63) is 12.7 Å². The maximum Gasteiger partial charge on any atom is 0.330 e. The number of aliphatic hydroxyl groups excluding tert-OH is 3. The average Bonchev–Trinajstić information content (AvgIpc) is 2.65. The van der Waals surface area contributed by atoms with Crippen LogP contribution in [0.15, 0.2) is 12.7 Å². The van der Waals surface area contributed by atoms with Crippen LogP contribution in [0.5, 0.6) is 0 Å². The maximum absolute atomic E-state index is 10.6. The van der Waals surface area contributed by atoms with Gasteiger partial charge in [0.1, 0.15) is 6.61 Å². The molecule has 0 aromatic carbocycles. The molecule has 0 spiro atoms. The summed E-state index contributed by atoms with van der Waals surface area (Å²) in [6.45, 7) is 1.58. The van der Waals surface area contributed by atoms with Gasteiger partial charge in [0.05, 0.1) is 57.5 Å². The normalized spacial score (nSPS) is 32.4. The molecule has 1 fully saturated rings. The number of carbonyl (C=O) groups excluding carboxylic acids is 1. The predicted octanol–water partition coefficient (Wildman–Crippen LogP) is 2.32. The van der Waals surface area contributed by atoms with Crippen molar-refractivity contribution in [2.75, 3.05) is 26.4 Å². The Morgan fingerprint density at radius 1 is 0.840 bits per heavy atom. The van der Waals surface area contributed by atoms with Gasteiger partial charge in [0.2, 0.25) is 0 Å². The number of esters is 1. The van der Waals surface area contributed by atoms with Crippen LogP contribution in [0.25, 0.3) is 0 Å². The fourth-order valence-electron chi connectivity index (χ4n) is 1.62. The average molecular weight is 481 g/mol. The van der Waals surface area contributed by atoms with Gasteiger partial charge < -0.3 is 20.1 Å². The number of halogens is 6. The van der Waals surface area contributed by atoms with E-state index in [4.69, 9.17) is 84.9 Å². The van der Waals surface area contributed by atoms with Gasteiger partial charge in [-0.25, -0.2) is 4.79 Å². The van der Waals surface area contributed by atoms with Gasteiger partial charge in [0.15, 0.2) is 0 Å². The molecule has 0 saturated heterocycles. The van der Waals surface area contributed by atoms with Gasteiger partial charge in [0.25, 0.3) is 0 Å². The quantitative estimate of drug-likeness (QED) is 0.308. The fourth-order valence-corrected chi connectivity index (χ4v) is 3.95. The Labute approximate surface area is 176 Å². The molecule has 3 N–H and O–H groups in total. The van der Waals surface area contributed by atoms with E-state index in [1.54, 1.807) is 0 Å². The Morgan fingerprint density at radius 3 is 1.32 bits per heavy atom. The van der Waals surface area contributed by atoms with Crippen molar-refractivity contribution in [1.29, 1.82) is 0 Å². The molecule has 0 aliphatic heterocycles. The Balaban J connectivity index is 0.000000462. The smallest absolute Gasteiger partial charge is 0.330 e. The minimum atomic E-state index is -1.17. The molecule has 0 bridgehead atoms. The Bertz CT molecular complexity index is 356. The molecule has 1 aliphatic carbocycles. The molecule has 25 heavy (non-hydrogen) atoms. The van der Waals surface area contributed by atoms with Crippen LogP contribution >= 0.6 is 69.6 Å². The molecule has 11 heteroatoms. The van der Waals surface area contributed by atoms with E-state index < -0.39 is 63.5 Å². The Kier molecular flexibility index (Phi) is 12.7. The largest absolute Gasteiger partial charge is 0.462 e. The van der Waals surface area contributed by atoms with Gasteiger partial charge >= 0.3 is 5.97 Å². The summed E-state index contributed by atoms with van der Waals surface area (Å²) in [5, 5.41) is 23.9. The highest BCUT2D eigenvalue weighted by molar-refractivity contribution is 6.45. The van der Waals surface area contributed by atoms with Gasteiger partial charge in [-0.3, -0.25) is 0 Å². The van der Waals surface area contributed by atoms with E-state index >= 15 is 0 Å². The first kappa shape index (κ1) is 25.8. The van der Waals surface area contributed by atoms with Crippen LogP contribution in [0.1, 0.15) is 0 Å². The molecular weight excluding hydrogens is 461 g/mol. The third kappa shape index (κ3) is 7.40. The maximum atomic E-state index is 10.6. The van der Waals surface area contributed by atoms with Crippen molar-refractivity contribution in [3.8, 4) is 0 Å². The van der Waals surface area contributed by atoms with E-state index in [9.17, 15) is 4.79 Å². The third-order valence-electron chi connectivity index (χ3n) is 3.52. The molecule has 0 atom stereocenters. The van der Waals surface area contributed by atoms with Gasteiger partial charge in [0, 0.05) is 6.08 Å². The second-order valence-electron chi connectivity index (χ2n) is 5.45. The number of alkyl halides is 6. The highest BCUT2D eigenvalue weighted by Crippen LogP contribution is 2.39. The summed E-state index contributed by atoms with van der Waals surface area (Å²) < 4.78 is 4.59. The van der Waals surface area contributed by atoms with Gasteiger partial charge in [-0.15, -0.1) is 69.6 Å². The molecule has 0 radical (unpaired) electrons. The van der Waals surface area contributed by atoms with Crippen LogP contribution in [0, 0.1) is 5.41 Å². The lowest BCUT2D eigenvalue weighted by molar-refractivity contribution is -0.145. The van der Waals surface area contributed by atoms with Crippen molar-refractivity contribution < 1.29 is 24.9 Å². The van der Waals surface area contributed by atoms with E-state index in [0.717, 1.165) is 6.08 Å². The molecule has 0 aromatic rings. The Hall–Kier alpha value is 0.830. The van der Waals surface area contributed by atoms with Crippen LogP contribution < -0.4 is 0 Å². The standard InChI is InChI=1S/C8H14O5.C6H6Cl6/c1-2-7(12)13-6-8(3-9,4-10)5-11;7-1-2(8)4(10)6(12)5(11)3(1)9/h2,9-11H,1,3-6H2;1-6H/t;1-,2-,3-,4+,5+,6+. The molecular formula is C14H20Cl6O5. The lowest BCUT2D eigenvalue weighted by atomic mass is 9.93. The molecule has 5 nitrogen and oxygen atoms in total. The minimum Gasteiger partial charge on any atom is -0.462 e. The molecule has 1 rings (SSSR count). The van der Waals surface area contributed by atoms with Crippen LogP contribution in [0.2, 0.25) is 0 Å². The van der Waals surface area contributed by atoms with E-state index in [0.29, 0.717) is 0 Å². The van der Waals surface area contributed by atoms with E-state index in [-0.39, 0.29) is 6.61 Å². The summed E-state index contributed by atoms with van der Waals surface area (Å²) >= 11 is 35.3. The molecule has 1 aliphatic rings. The number of hydrogen-bond acceptors (Lipinski definition) is 5. The number of rotatable bonds is 6. The first-order valence-corrected chi connectivity index (χ1v) is 9.68. The monoisotopic (exact) mass is 478 g/mol. The number of carbonyl (C=O) groups is 1. The predicted molar refractivity (Wildman–Crippen MR) is 103 cm³/mol. The van der Waals surface area contributed by atoms with Crippen LogP contribution in [-0.2, 0) is 9.53 Å². The van der Waals surface area contributed by atoms with Gasteiger partial charge in [-0.05, 0) is 0 Å². The molecule has 148 valence electrons. The summed E-state index contributed by atoms with van der Waals surface area (Å²) in [5.74, 6) is -0.653. The summed E-state index contributed by atoms with van der Waals surface area (Å²) in [7, 11) is 0. The molecule has 0 unspecified atom stereocenters. The van der Waals surface area contributed by atoms with E-state index in [1.165, 1.54) is 0 Å². The van der Waals surface area contributed by atoms with Gasteiger partial charge in [-0.2, -0.15) is 0 Å². The first-order chi connectivity index (χ1) is 11.6. The van der Waals surface area contributed by atoms with Crippen molar-refractivity contribution >= 4 is 75.6 Å². The fraction of sp³-hybridized carbons (Fsp3) is 0.786. The summed E-state index contributed by atoms with van der Waals surface area (Å²) in [6, 6.07) is 0. The van der Waals surface area contributed by atoms with Crippen molar-refractivity contribution in [1.82, 2.24) is 0 Å². The third-order valence-corrected chi connectivity index (χ3v) is 7.55. The lowest BCUT2D eigenvalue weighted by Gasteiger charge is -2.37. The van der Waals surface area contributed by atoms with E-state index in [2.05, 4.69) is 11.3 Å². The van der Waals surface area contributed by atoms with Crippen LogP contribution in [0.4, 0.5) is 0 Å². The molecule has 0 aromatic heterocycles. The highest BCUT2D eigenvalue weighted by Gasteiger charge is 2.46. The van der Waals surface area contributed by atoms with Crippen LogP contribution in [-0.4, -0.2) is 80.0 Å². The minimum absolute atomic E-state index is 0.235. The lowest BCUT2D eigenvalue weighted by Crippen LogP contribution is -2.52. The summed E-state index contributed by atoms with van der Waals surface area (Å²) in [4.78, 5) is 10.6. The van der Waals surface area contributed by atoms with Crippen LogP contribution in [0.3, 0.4) is 0 Å². The first-order valence-electron chi connectivity index (χ1n) is 7.07. The zero-order valence-corrected chi connectivity index (χ0v) is 17.5. The molecule has 0 heterocycles.